The number of ether oxygens (including phenoxy) is 2. The number of aromatic nitrogens is 4. The van der Waals surface area contributed by atoms with Crippen molar-refractivity contribution in [2.24, 2.45) is 0 Å². The normalized spacial score (nSPS) is 17.3. The minimum absolute atomic E-state index is 0.00734. The molecule has 1 aliphatic rings. The predicted octanol–water partition coefficient (Wildman–Crippen LogP) is 3.02. The van der Waals surface area contributed by atoms with Crippen molar-refractivity contribution >= 4 is 5.91 Å². The van der Waals surface area contributed by atoms with E-state index in [4.69, 9.17) is 14.0 Å². The van der Waals surface area contributed by atoms with Crippen molar-refractivity contribution in [3.8, 4) is 23.1 Å². The fraction of sp³-hybridized carbons (Fsp3) is 0.409. The number of methoxy groups -OCH3 is 1. The second-order valence-electron chi connectivity index (χ2n) is 7.54. The van der Waals surface area contributed by atoms with E-state index < -0.39 is 6.10 Å². The third-order valence-electron chi connectivity index (χ3n) is 5.26. The second-order valence-corrected chi connectivity index (χ2v) is 7.54. The molecule has 1 amide bonds. The minimum atomic E-state index is -0.640. The summed E-state index contributed by atoms with van der Waals surface area (Å²) < 4.78 is 16.6. The van der Waals surface area contributed by atoms with Crippen LogP contribution >= 0.6 is 0 Å². The van der Waals surface area contributed by atoms with Crippen LogP contribution in [0.15, 0.2) is 41.2 Å². The van der Waals surface area contributed by atoms with Crippen molar-refractivity contribution in [1.29, 1.82) is 0 Å². The van der Waals surface area contributed by atoms with Crippen LogP contribution in [-0.4, -0.2) is 57.2 Å². The Morgan fingerprint density at radius 1 is 1.23 bits per heavy atom. The van der Waals surface area contributed by atoms with E-state index in [0.717, 1.165) is 18.5 Å². The number of para-hydroxylation sites is 2. The molecule has 2 aromatic heterocycles. The van der Waals surface area contributed by atoms with Gasteiger partial charge in [-0.25, -0.2) is 4.98 Å². The number of likely N-dealkylation sites (tertiary alicyclic amines) is 1. The largest absolute Gasteiger partial charge is 0.493 e. The molecule has 1 aliphatic heterocycles. The van der Waals surface area contributed by atoms with E-state index in [1.54, 1.807) is 43.5 Å². The maximum atomic E-state index is 13.0. The zero-order valence-corrected chi connectivity index (χ0v) is 17.8. The van der Waals surface area contributed by atoms with Gasteiger partial charge >= 0.3 is 0 Å². The number of carbonyl (C=O) groups excluding carboxylic acids is 1. The first-order chi connectivity index (χ1) is 15.0. The summed E-state index contributed by atoms with van der Waals surface area (Å²) in [5, 5.41) is 4.13. The molecule has 4 rings (SSSR count). The molecule has 0 spiro atoms. The number of carbonyl (C=O) groups is 1. The van der Waals surface area contributed by atoms with Gasteiger partial charge in [0.05, 0.1) is 19.0 Å². The van der Waals surface area contributed by atoms with Gasteiger partial charge < -0.3 is 18.9 Å². The first-order valence-corrected chi connectivity index (χ1v) is 10.3. The molecule has 0 saturated carbocycles. The van der Waals surface area contributed by atoms with Crippen molar-refractivity contribution in [2.75, 3.05) is 20.2 Å². The summed E-state index contributed by atoms with van der Waals surface area (Å²) in [5.41, 5.74) is 1.35. The fourth-order valence-electron chi connectivity index (χ4n) is 3.61. The van der Waals surface area contributed by atoms with E-state index in [9.17, 15) is 4.79 Å². The molecule has 3 aromatic rings. The van der Waals surface area contributed by atoms with Gasteiger partial charge in [-0.1, -0.05) is 17.3 Å². The number of aryl methyl sites for hydroxylation is 1. The number of amides is 1. The molecule has 1 fully saturated rings. The minimum Gasteiger partial charge on any atom is -0.493 e. The van der Waals surface area contributed by atoms with Gasteiger partial charge in [-0.15, -0.1) is 0 Å². The molecule has 162 valence electrons. The average molecular weight is 423 g/mol. The third-order valence-corrected chi connectivity index (χ3v) is 5.26. The molecular formula is C22H25N5O4. The molecule has 3 heterocycles. The molecule has 0 radical (unpaired) electrons. The van der Waals surface area contributed by atoms with Crippen LogP contribution in [0.4, 0.5) is 0 Å². The Labute approximate surface area is 180 Å². The number of hydrogen-bond donors (Lipinski definition) is 0. The van der Waals surface area contributed by atoms with Crippen molar-refractivity contribution in [1.82, 2.24) is 25.0 Å². The van der Waals surface area contributed by atoms with E-state index in [2.05, 4.69) is 20.1 Å². The van der Waals surface area contributed by atoms with E-state index >= 15 is 0 Å². The predicted molar refractivity (Wildman–Crippen MR) is 112 cm³/mol. The lowest BCUT2D eigenvalue weighted by molar-refractivity contribution is -0.139. The van der Waals surface area contributed by atoms with E-state index in [-0.39, 0.29) is 11.8 Å². The van der Waals surface area contributed by atoms with Crippen LogP contribution < -0.4 is 9.47 Å². The highest BCUT2D eigenvalue weighted by Crippen LogP contribution is 2.29. The standard InChI is InChI=1S/C22H25N5O4/c1-14-11-24-17(12-23-14)21-25-20(26-31-21)16-7-6-10-27(13-16)22(28)15(2)30-19-9-5-4-8-18(19)29-3/h4-5,8-9,11-12,15-16H,6-7,10,13H2,1-3H3/t15-,16+/m1/s1. The summed E-state index contributed by atoms with van der Waals surface area (Å²) in [7, 11) is 1.57. The van der Waals surface area contributed by atoms with Crippen molar-refractivity contribution in [2.45, 2.75) is 38.7 Å². The third kappa shape index (κ3) is 4.65. The fourth-order valence-corrected chi connectivity index (χ4v) is 3.61. The Morgan fingerprint density at radius 3 is 2.77 bits per heavy atom. The van der Waals surface area contributed by atoms with Gasteiger partial charge in [0.25, 0.3) is 11.8 Å². The van der Waals surface area contributed by atoms with Gasteiger partial charge in [0.15, 0.2) is 23.4 Å². The Hall–Kier alpha value is -3.49. The molecule has 31 heavy (non-hydrogen) atoms. The van der Waals surface area contributed by atoms with Crippen LogP contribution in [0.3, 0.4) is 0 Å². The van der Waals surface area contributed by atoms with Gasteiger partial charge in [0.1, 0.15) is 5.69 Å². The maximum absolute atomic E-state index is 13.0. The first kappa shape index (κ1) is 20.8. The zero-order chi connectivity index (χ0) is 21.8. The topological polar surface area (TPSA) is 103 Å². The molecular weight excluding hydrogens is 398 g/mol. The molecule has 0 bridgehead atoms. The number of nitrogens with zero attached hydrogens (tertiary/aromatic N) is 5. The van der Waals surface area contributed by atoms with Crippen LogP contribution in [0.25, 0.3) is 11.6 Å². The maximum Gasteiger partial charge on any atom is 0.278 e. The molecule has 9 heteroatoms. The summed E-state index contributed by atoms with van der Waals surface area (Å²) in [6.07, 6.45) is 4.36. The van der Waals surface area contributed by atoms with E-state index in [0.29, 0.717) is 42.0 Å². The molecule has 0 N–H and O–H groups in total. The lowest BCUT2D eigenvalue weighted by Crippen LogP contribution is -2.45. The highest BCUT2D eigenvalue weighted by Gasteiger charge is 2.31. The highest BCUT2D eigenvalue weighted by molar-refractivity contribution is 5.81. The van der Waals surface area contributed by atoms with E-state index in [1.807, 2.05) is 19.1 Å². The average Bonchev–Trinajstić information content (AvgIpc) is 3.30. The van der Waals surface area contributed by atoms with Gasteiger partial charge in [-0.2, -0.15) is 4.98 Å². The monoisotopic (exact) mass is 423 g/mol. The Kier molecular flexibility index (Phi) is 6.11. The lowest BCUT2D eigenvalue weighted by Gasteiger charge is -2.33. The summed E-state index contributed by atoms with van der Waals surface area (Å²) in [5.74, 6) is 1.96. The SMILES string of the molecule is COc1ccccc1O[C@H](C)C(=O)N1CCC[C@H](c2noc(-c3cnc(C)cn3)n2)C1. The van der Waals surface area contributed by atoms with Crippen LogP contribution in [-0.2, 0) is 4.79 Å². The van der Waals surface area contributed by atoms with Crippen LogP contribution in [0.1, 0.15) is 37.2 Å². The zero-order valence-electron chi connectivity index (χ0n) is 17.8. The Morgan fingerprint density at radius 2 is 2.03 bits per heavy atom. The molecule has 1 aromatic carbocycles. The lowest BCUT2D eigenvalue weighted by atomic mass is 9.97. The molecule has 0 aliphatic carbocycles. The molecule has 0 unspecified atom stereocenters. The molecule has 9 nitrogen and oxygen atoms in total. The summed E-state index contributed by atoms with van der Waals surface area (Å²) in [6.45, 7) is 4.79. The first-order valence-electron chi connectivity index (χ1n) is 10.3. The number of piperidine rings is 1. The molecule has 2 atom stereocenters. The Bertz CT molecular complexity index is 1040. The number of rotatable bonds is 6. The van der Waals surface area contributed by atoms with Crippen LogP contribution in [0, 0.1) is 6.92 Å². The van der Waals surface area contributed by atoms with Crippen LogP contribution in [0.5, 0.6) is 11.5 Å². The Balaban J connectivity index is 1.42. The number of benzene rings is 1. The highest BCUT2D eigenvalue weighted by atomic mass is 16.5. The van der Waals surface area contributed by atoms with Crippen molar-refractivity contribution in [3.63, 3.8) is 0 Å². The van der Waals surface area contributed by atoms with E-state index in [1.165, 1.54) is 0 Å². The van der Waals surface area contributed by atoms with Crippen molar-refractivity contribution in [3.05, 3.63) is 48.2 Å². The number of hydrogen-bond acceptors (Lipinski definition) is 8. The second kappa shape index (κ2) is 9.11. The van der Waals surface area contributed by atoms with Gasteiger partial charge in [-0.3, -0.25) is 9.78 Å². The van der Waals surface area contributed by atoms with Gasteiger partial charge in [-0.05, 0) is 38.8 Å². The summed E-state index contributed by atoms with van der Waals surface area (Å²) >= 11 is 0. The van der Waals surface area contributed by atoms with Gasteiger partial charge in [0, 0.05) is 25.2 Å². The summed E-state index contributed by atoms with van der Waals surface area (Å²) in [4.78, 5) is 27.8. The van der Waals surface area contributed by atoms with Crippen LogP contribution in [0.2, 0.25) is 0 Å². The van der Waals surface area contributed by atoms with Gasteiger partial charge in [0.2, 0.25) is 0 Å². The quantitative estimate of drug-likeness (QED) is 0.596. The smallest absolute Gasteiger partial charge is 0.278 e. The summed E-state index contributed by atoms with van der Waals surface area (Å²) in [6, 6.07) is 7.29. The molecule has 1 saturated heterocycles. The van der Waals surface area contributed by atoms with Crippen molar-refractivity contribution < 1.29 is 18.8 Å².